The van der Waals surface area contributed by atoms with Crippen LogP contribution in [0, 0.1) is 0 Å². The van der Waals surface area contributed by atoms with E-state index in [1.807, 2.05) is 0 Å². The molecule has 1 aromatic rings. The highest BCUT2D eigenvalue weighted by atomic mass is 16.5. The fraction of sp³-hybridized carbons (Fsp3) is 0.750. The minimum atomic E-state index is 0.340. The van der Waals surface area contributed by atoms with E-state index in [-0.39, 0.29) is 0 Å². The van der Waals surface area contributed by atoms with Gasteiger partial charge in [-0.2, -0.15) is 4.98 Å². The molecule has 1 aliphatic heterocycles. The predicted octanol–water partition coefficient (Wildman–Crippen LogP) is 0.422. The molecule has 0 unspecified atom stereocenters. The molecule has 1 aromatic heterocycles. The van der Waals surface area contributed by atoms with Gasteiger partial charge in [0, 0.05) is 19.1 Å². The summed E-state index contributed by atoms with van der Waals surface area (Å²) in [6.07, 6.45) is 1.93. The van der Waals surface area contributed by atoms with E-state index in [2.05, 4.69) is 10.1 Å². The molecule has 5 heteroatoms. The summed E-state index contributed by atoms with van der Waals surface area (Å²) in [6.45, 7) is 1.91. The van der Waals surface area contributed by atoms with Gasteiger partial charge in [-0.15, -0.1) is 0 Å². The minimum Gasteiger partial charge on any atom is -0.381 e. The maximum atomic E-state index is 5.38. The highest BCUT2D eigenvalue weighted by molar-refractivity contribution is 4.94. The zero-order chi connectivity index (χ0) is 9.10. The smallest absolute Gasteiger partial charge is 0.229 e. The van der Waals surface area contributed by atoms with Crippen LogP contribution in [0.4, 0.5) is 0 Å². The van der Waals surface area contributed by atoms with E-state index < -0.39 is 0 Å². The van der Waals surface area contributed by atoms with Crippen LogP contribution in [0.5, 0.6) is 0 Å². The molecule has 0 bridgehead atoms. The molecule has 72 valence electrons. The average molecular weight is 183 g/mol. The van der Waals surface area contributed by atoms with Crippen molar-refractivity contribution in [1.29, 1.82) is 0 Å². The Bertz CT molecular complexity index is 268. The number of ether oxygens (including phenoxy) is 1. The maximum Gasteiger partial charge on any atom is 0.229 e. The van der Waals surface area contributed by atoms with E-state index in [0.717, 1.165) is 26.1 Å². The Morgan fingerprint density at radius 1 is 1.38 bits per heavy atom. The van der Waals surface area contributed by atoms with Gasteiger partial charge in [-0.05, 0) is 12.8 Å². The van der Waals surface area contributed by atoms with Crippen molar-refractivity contribution in [3.63, 3.8) is 0 Å². The lowest BCUT2D eigenvalue weighted by atomic mass is 10.0. The Morgan fingerprint density at radius 3 is 2.77 bits per heavy atom. The molecule has 0 saturated carbocycles. The SMILES string of the molecule is NCc1noc(C2CCOCC2)n1. The molecule has 1 fully saturated rings. The Balaban J connectivity index is 2.05. The van der Waals surface area contributed by atoms with Crippen molar-refractivity contribution < 1.29 is 9.26 Å². The normalized spacial score (nSPS) is 19.2. The summed E-state index contributed by atoms with van der Waals surface area (Å²) in [5.41, 5.74) is 5.38. The van der Waals surface area contributed by atoms with Crippen molar-refractivity contribution in [2.75, 3.05) is 13.2 Å². The Morgan fingerprint density at radius 2 is 2.15 bits per heavy atom. The van der Waals surface area contributed by atoms with E-state index in [9.17, 15) is 0 Å². The molecule has 2 rings (SSSR count). The molecule has 5 nitrogen and oxygen atoms in total. The molecular formula is C8H13N3O2. The van der Waals surface area contributed by atoms with Crippen LogP contribution in [0.25, 0.3) is 0 Å². The van der Waals surface area contributed by atoms with Crippen LogP contribution in [0.2, 0.25) is 0 Å². The van der Waals surface area contributed by atoms with Crippen molar-refractivity contribution in [2.24, 2.45) is 5.73 Å². The molecule has 0 amide bonds. The summed E-state index contributed by atoms with van der Waals surface area (Å²) in [5.74, 6) is 1.66. The quantitative estimate of drug-likeness (QED) is 0.719. The predicted molar refractivity (Wildman–Crippen MR) is 45.0 cm³/mol. The number of aromatic nitrogens is 2. The third-order valence-electron chi connectivity index (χ3n) is 2.24. The third kappa shape index (κ3) is 1.87. The fourth-order valence-corrected chi connectivity index (χ4v) is 1.46. The van der Waals surface area contributed by atoms with Crippen LogP contribution in [-0.2, 0) is 11.3 Å². The van der Waals surface area contributed by atoms with Crippen molar-refractivity contribution in [3.05, 3.63) is 11.7 Å². The van der Waals surface area contributed by atoms with Crippen LogP contribution in [0.15, 0.2) is 4.52 Å². The first-order valence-corrected chi connectivity index (χ1v) is 4.50. The third-order valence-corrected chi connectivity index (χ3v) is 2.24. The number of nitrogens with two attached hydrogens (primary N) is 1. The molecule has 0 radical (unpaired) electrons. The number of hydrogen-bond acceptors (Lipinski definition) is 5. The lowest BCUT2D eigenvalue weighted by molar-refractivity contribution is 0.0778. The first kappa shape index (κ1) is 8.65. The molecule has 0 aromatic carbocycles. The van der Waals surface area contributed by atoms with Crippen LogP contribution in [0.1, 0.15) is 30.5 Å². The monoisotopic (exact) mass is 183 g/mol. The molecule has 1 aliphatic rings. The van der Waals surface area contributed by atoms with Gasteiger partial charge in [0.2, 0.25) is 5.89 Å². The second-order valence-electron chi connectivity index (χ2n) is 3.14. The van der Waals surface area contributed by atoms with Gasteiger partial charge < -0.3 is 15.0 Å². The summed E-state index contributed by atoms with van der Waals surface area (Å²) >= 11 is 0. The lowest BCUT2D eigenvalue weighted by Gasteiger charge is -2.17. The molecular weight excluding hydrogens is 170 g/mol. The summed E-state index contributed by atoms with van der Waals surface area (Å²) in [5, 5.41) is 3.76. The van der Waals surface area contributed by atoms with Gasteiger partial charge in [0.1, 0.15) is 0 Å². The van der Waals surface area contributed by atoms with Gasteiger partial charge in [0.05, 0.1) is 6.54 Å². The van der Waals surface area contributed by atoms with Gasteiger partial charge in [-0.1, -0.05) is 5.16 Å². The topological polar surface area (TPSA) is 74.2 Å². The highest BCUT2D eigenvalue weighted by Crippen LogP contribution is 2.24. The van der Waals surface area contributed by atoms with Crippen LogP contribution < -0.4 is 5.73 Å². The standard InChI is InChI=1S/C8H13N3O2/c9-5-7-10-8(13-11-7)6-1-3-12-4-2-6/h6H,1-5,9H2. The molecule has 1 saturated heterocycles. The zero-order valence-corrected chi connectivity index (χ0v) is 7.40. The molecule has 0 atom stereocenters. The van der Waals surface area contributed by atoms with E-state index >= 15 is 0 Å². The van der Waals surface area contributed by atoms with Crippen molar-refractivity contribution in [1.82, 2.24) is 10.1 Å². The largest absolute Gasteiger partial charge is 0.381 e. The molecule has 13 heavy (non-hydrogen) atoms. The molecule has 0 aliphatic carbocycles. The maximum absolute atomic E-state index is 5.38. The van der Waals surface area contributed by atoms with Crippen LogP contribution in [0.3, 0.4) is 0 Å². The highest BCUT2D eigenvalue weighted by Gasteiger charge is 2.21. The molecule has 2 heterocycles. The Labute approximate surface area is 76.3 Å². The van der Waals surface area contributed by atoms with E-state index in [1.165, 1.54) is 0 Å². The number of nitrogens with zero attached hydrogens (tertiary/aromatic N) is 2. The van der Waals surface area contributed by atoms with Crippen molar-refractivity contribution in [3.8, 4) is 0 Å². The van der Waals surface area contributed by atoms with Gasteiger partial charge in [0.15, 0.2) is 5.82 Å². The first-order valence-electron chi connectivity index (χ1n) is 4.50. The van der Waals surface area contributed by atoms with Crippen LogP contribution >= 0.6 is 0 Å². The number of hydrogen-bond donors (Lipinski definition) is 1. The van der Waals surface area contributed by atoms with Gasteiger partial charge >= 0.3 is 0 Å². The van der Waals surface area contributed by atoms with Gasteiger partial charge in [-0.25, -0.2) is 0 Å². The summed E-state index contributed by atoms with van der Waals surface area (Å²) in [7, 11) is 0. The van der Waals surface area contributed by atoms with Gasteiger partial charge in [-0.3, -0.25) is 0 Å². The van der Waals surface area contributed by atoms with Gasteiger partial charge in [0.25, 0.3) is 0 Å². The first-order chi connectivity index (χ1) is 6.40. The lowest BCUT2D eigenvalue weighted by Crippen LogP contribution is -2.14. The van der Waals surface area contributed by atoms with E-state index in [0.29, 0.717) is 24.2 Å². The Hall–Kier alpha value is -0.940. The average Bonchev–Trinajstić information content (AvgIpc) is 2.67. The minimum absolute atomic E-state index is 0.340. The number of rotatable bonds is 2. The van der Waals surface area contributed by atoms with Crippen molar-refractivity contribution >= 4 is 0 Å². The summed E-state index contributed by atoms with van der Waals surface area (Å²) in [6, 6.07) is 0. The van der Waals surface area contributed by atoms with E-state index in [1.54, 1.807) is 0 Å². The molecule has 2 N–H and O–H groups in total. The summed E-state index contributed by atoms with van der Waals surface area (Å²) in [4.78, 5) is 4.19. The fourth-order valence-electron chi connectivity index (χ4n) is 1.46. The van der Waals surface area contributed by atoms with E-state index in [4.69, 9.17) is 15.0 Å². The zero-order valence-electron chi connectivity index (χ0n) is 7.40. The Kier molecular flexibility index (Phi) is 2.56. The second kappa shape index (κ2) is 3.85. The second-order valence-corrected chi connectivity index (χ2v) is 3.14. The van der Waals surface area contributed by atoms with Crippen LogP contribution in [-0.4, -0.2) is 23.4 Å². The van der Waals surface area contributed by atoms with Crippen molar-refractivity contribution in [2.45, 2.75) is 25.3 Å². The summed E-state index contributed by atoms with van der Waals surface area (Å²) < 4.78 is 10.3. The molecule has 0 spiro atoms.